The molecule has 6 N–H and O–H groups in total. The molecule has 0 aromatic rings. The predicted molar refractivity (Wildman–Crippen MR) is 239 cm³/mol. The molecule has 6 unspecified atom stereocenters. The molecule has 0 aromatic carbocycles. The minimum Gasteiger partial charge on any atom is -0.462 e. The fraction of sp³-hybridized carbons (Fsp3) is 0.787. The van der Waals surface area contributed by atoms with Crippen LogP contribution in [0.4, 0.5) is 0 Å². The van der Waals surface area contributed by atoms with E-state index >= 15 is 0 Å². The summed E-state index contributed by atoms with van der Waals surface area (Å²) in [6.45, 7) is 3.22. The third kappa shape index (κ3) is 29.7. The first-order valence-corrected chi connectivity index (χ1v) is 24.9. The van der Waals surface area contributed by atoms with Crippen molar-refractivity contribution in [1.29, 1.82) is 0 Å². The Balaban J connectivity index is 2.47. The molecular formula is C47H83O13P. The Morgan fingerprint density at radius 2 is 0.902 bits per heavy atom. The molecule has 6 atom stereocenters. The molecule has 1 aliphatic rings. The number of hydrogen-bond donors (Lipinski definition) is 6. The van der Waals surface area contributed by atoms with Crippen molar-refractivity contribution in [3.05, 3.63) is 48.6 Å². The number of aliphatic hydroxyl groups excluding tert-OH is 5. The summed E-state index contributed by atoms with van der Waals surface area (Å²) in [5.74, 6) is -1.13. The molecule has 354 valence electrons. The predicted octanol–water partition coefficient (Wildman–Crippen LogP) is 9.17. The molecule has 1 fully saturated rings. The summed E-state index contributed by atoms with van der Waals surface area (Å²) in [6, 6.07) is 0. The molecule has 0 heterocycles. The lowest BCUT2D eigenvalue weighted by Gasteiger charge is -2.41. The number of carbonyl (C=O) groups excluding carboxylic acids is 2. The Hall–Kier alpha value is -2.19. The number of esters is 2. The van der Waals surface area contributed by atoms with Gasteiger partial charge in [0, 0.05) is 12.8 Å². The summed E-state index contributed by atoms with van der Waals surface area (Å²) < 4.78 is 33.5. The van der Waals surface area contributed by atoms with Crippen LogP contribution in [-0.2, 0) is 32.7 Å². The highest BCUT2D eigenvalue weighted by atomic mass is 31.2. The van der Waals surface area contributed by atoms with Crippen LogP contribution in [0.5, 0.6) is 0 Å². The van der Waals surface area contributed by atoms with Gasteiger partial charge < -0.3 is 39.9 Å². The Morgan fingerprint density at radius 3 is 1.38 bits per heavy atom. The maximum absolute atomic E-state index is 12.8. The van der Waals surface area contributed by atoms with E-state index in [1.165, 1.54) is 44.9 Å². The lowest BCUT2D eigenvalue weighted by Crippen LogP contribution is -2.64. The van der Waals surface area contributed by atoms with Crippen molar-refractivity contribution in [3.63, 3.8) is 0 Å². The van der Waals surface area contributed by atoms with E-state index in [4.69, 9.17) is 18.5 Å². The van der Waals surface area contributed by atoms with E-state index in [1.807, 2.05) is 0 Å². The lowest BCUT2D eigenvalue weighted by molar-refractivity contribution is -0.220. The van der Waals surface area contributed by atoms with E-state index in [1.54, 1.807) is 0 Å². The first-order chi connectivity index (χ1) is 29.4. The number of phosphoric ester groups is 1. The highest BCUT2D eigenvalue weighted by Crippen LogP contribution is 2.47. The van der Waals surface area contributed by atoms with Gasteiger partial charge in [-0.15, -0.1) is 0 Å². The van der Waals surface area contributed by atoms with Gasteiger partial charge in [-0.3, -0.25) is 18.6 Å². The van der Waals surface area contributed by atoms with Gasteiger partial charge in [0.1, 0.15) is 43.2 Å². The normalized spacial score (nSPS) is 22.4. The molecule has 0 aromatic heterocycles. The average molecular weight is 887 g/mol. The van der Waals surface area contributed by atoms with E-state index in [0.29, 0.717) is 12.8 Å². The highest BCUT2D eigenvalue weighted by molar-refractivity contribution is 7.47. The first-order valence-electron chi connectivity index (χ1n) is 23.4. The summed E-state index contributed by atoms with van der Waals surface area (Å²) in [5.41, 5.74) is 0. The second kappa shape index (κ2) is 37.2. The van der Waals surface area contributed by atoms with Crippen LogP contribution < -0.4 is 0 Å². The Labute approximate surface area is 367 Å². The molecule has 61 heavy (non-hydrogen) atoms. The van der Waals surface area contributed by atoms with E-state index in [9.17, 15) is 44.6 Å². The number of allylic oxidation sites excluding steroid dienone is 8. The van der Waals surface area contributed by atoms with Crippen LogP contribution in [0.25, 0.3) is 0 Å². The fourth-order valence-electron chi connectivity index (χ4n) is 6.80. The molecule has 0 amide bonds. The van der Waals surface area contributed by atoms with Crippen LogP contribution in [0.3, 0.4) is 0 Å². The van der Waals surface area contributed by atoms with E-state index in [0.717, 1.165) is 96.3 Å². The zero-order chi connectivity index (χ0) is 45.0. The van der Waals surface area contributed by atoms with Gasteiger partial charge >= 0.3 is 19.8 Å². The Morgan fingerprint density at radius 1 is 0.508 bits per heavy atom. The molecule has 1 rings (SSSR count). The summed E-state index contributed by atoms with van der Waals surface area (Å²) >= 11 is 0. The number of unbranched alkanes of at least 4 members (excludes halogenated alkanes) is 18. The maximum atomic E-state index is 12.8. The van der Waals surface area contributed by atoms with Crippen molar-refractivity contribution < 1.29 is 63.1 Å². The number of phosphoric acid groups is 1. The minimum absolute atomic E-state index is 0.0835. The van der Waals surface area contributed by atoms with E-state index in [-0.39, 0.29) is 12.8 Å². The molecule has 0 saturated heterocycles. The van der Waals surface area contributed by atoms with Gasteiger partial charge in [-0.1, -0.05) is 146 Å². The smallest absolute Gasteiger partial charge is 0.462 e. The van der Waals surface area contributed by atoms with Crippen LogP contribution in [0.2, 0.25) is 0 Å². The molecule has 1 saturated carbocycles. The SMILES string of the molecule is CCCC/C=C\C/C=C\CCCCCCCC(=O)OCC(COP(=O)(O)OC1C(O)C(O)C(O)C(O)C1O)OC(=O)CCCCCCCCC/C=C\C/C=C\CCCCCC. The lowest BCUT2D eigenvalue weighted by atomic mass is 9.85. The number of rotatable bonds is 38. The third-order valence-corrected chi connectivity index (χ3v) is 11.6. The molecule has 0 aliphatic heterocycles. The minimum atomic E-state index is -5.12. The van der Waals surface area contributed by atoms with E-state index in [2.05, 4.69) is 62.5 Å². The van der Waals surface area contributed by atoms with Crippen LogP contribution in [0.1, 0.15) is 181 Å². The zero-order valence-corrected chi connectivity index (χ0v) is 38.3. The van der Waals surface area contributed by atoms with Gasteiger partial charge in [0.05, 0.1) is 6.61 Å². The van der Waals surface area contributed by atoms with Crippen molar-refractivity contribution in [2.24, 2.45) is 0 Å². The van der Waals surface area contributed by atoms with Crippen molar-refractivity contribution >= 4 is 19.8 Å². The molecule has 0 bridgehead atoms. The Kier molecular flexibility index (Phi) is 34.7. The summed E-state index contributed by atoms with van der Waals surface area (Å²) in [6.07, 6.45) is 30.1. The summed E-state index contributed by atoms with van der Waals surface area (Å²) in [4.78, 5) is 35.7. The quantitative estimate of drug-likeness (QED) is 0.0148. The maximum Gasteiger partial charge on any atom is 0.472 e. The zero-order valence-electron chi connectivity index (χ0n) is 37.4. The monoisotopic (exact) mass is 887 g/mol. The fourth-order valence-corrected chi connectivity index (χ4v) is 7.78. The van der Waals surface area contributed by atoms with Gasteiger partial charge in [-0.05, 0) is 70.6 Å². The average Bonchev–Trinajstić information content (AvgIpc) is 3.24. The van der Waals surface area contributed by atoms with Crippen LogP contribution in [-0.4, -0.2) is 98.3 Å². The Bertz CT molecular complexity index is 1250. The van der Waals surface area contributed by atoms with Crippen LogP contribution >= 0.6 is 7.82 Å². The molecule has 1 aliphatic carbocycles. The van der Waals surface area contributed by atoms with Gasteiger partial charge in [-0.2, -0.15) is 0 Å². The number of carbonyl (C=O) groups is 2. The van der Waals surface area contributed by atoms with Gasteiger partial charge in [-0.25, -0.2) is 4.57 Å². The van der Waals surface area contributed by atoms with Crippen LogP contribution in [0.15, 0.2) is 48.6 Å². The van der Waals surface area contributed by atoms with Crippen molar-refractivity contribution in [3.8, 4) is 0 Å². The summed E-state index contributed by atoms with van der Waals surface area (Å²) in [5, 5.41) is 50.1. The second-order valence-electron chi connectivity index (χ2n) is 16.3. The standard InChI is InChI=1S/C47H83O13P/c1-3-5-7-9-11-13-15-17-19-20-21-22-24-26-28-30-32-34-36-41(49)59-39(38-58-61(55,56)60-47-45(53)43(51)42(50)44(52)46(47)54)37-57-40(48)35-33-31-29-27-25-23-18-16-14-12-10-8-6-4-2/h10,12-13,15-16,18-20,39,42-47,50-54H,3-9,11,14,17,21-38H2,1-2H3,(H,55,56)/b12-10-,15-13-,18-16-,20-19-. The number of hydrogen-bond acceptors (Lipinski definition) is 12. The first kappa shape index (κ1) is 56.8. The topological polar surface area (TPSA) is 210 Å². The molecule has 0 radical (unpaired) electrons. The van der Waals surface area contributed by atoms with Crippen molar-refractivity contribution in [1.82, 2.24) is 0 Å². The van der Waals surface area contributed by atoms with Crippen LogP contribution in [0, 0.1) is 0 Å². The molecular weight excluding hydrogens is 803 g/mol. The molecule has 13 nitrogen and oxygen atoms in total. The summed E-state index contributed by atoms with van der Waals surface area (Å²) in [7, 11) is -5.12. The third-order valence-electron chi connectivity index (χ3n) is 10.6. The van der Waals surface area contributed by atoms with Crippen molar-refractivity contribution in [2.75, 3.05) is 13.2 Å². The molecule has 14 heteroatoms. The van der Waals surface area contributed by atoms with Gasteiger partial charge in [0.25, 0.3) is 0 Å². The van der Waals surface area contributed by atoms with Crippen molar-refractivity contribution in [2.45, 2.75) is 224 Å². The number of ether oxygens (including phenoxy) is 2. The van der Waals surface area contributed by atoms with Gasteiger partial charge in [0.15, 0.2) is 6.10 Å². The van der Waals surface area contributed by atoms with Gasteiger partial charge in [0.2, 0.25) is 0 Å². The highest BCUT2D eigenvalue weighted by Gasteiger charge is 2.51. The second-order valence-corrected chi connectivity index (χ2v) is 17.7. The number of aliphatic hydroxyl groups is 5. The van der Waals surface area contributed by atoms with E-state index < -0.39 is 75.7 Å². The largest absolute Gasteiger partial charge is 0.472 e. The molecule has 0 spiro atoms.